The van der Waals surface area contributed by atoms with E-state index in [9.17, 15) is 0 Å². The molecule has 0 radical (unpaired) electrons. The molecule has 0 saturated carbocycles. The van der Waals surface area contributed by atoms with E-state index < -0.39 is 0 Å². The minimum atomic E-state index is 0.450. The van der Waals surface area contributed by atoms with Gasteiger partial charge in [-0.1, -0.05) is 25.1 Å². The lowest BCUT2D eigenvalue weighted by atomic mass is 10.1. The van der Waals surface area contributed by atoms with Gasteiger partial charge in [-0.2, -0.15) is 0 Å². The van der Waals surface area contributed by atoms with Gasteiger partial charge in [0, 0.05) is 5.56 Å². The van der Waals surface area contributed by atoms with Crippen LogP contribution in [0, 0.1) is 0 Å². The summed E-state index contributed by atoms with van der Waals surface area (Å²) < 4.78 is 5.19. The van der Waals surface area contributed by atoms with E-state index >= 15 is 0 Å². The second-order valence-corrected chi connectivity index (χ2v) is 3.53. The zero-order valence-corrected chi connectivity index (χ0v) is 8.03. The van der Waals surface area contributed by atoms with Gasteiger partial charge in [0.05, 0.1) is 7.11 Å². The summed E-state index contributed by atoms with van der Waals surface area (Å²) in [5, 5.41) is 0. The van der Waals surface area contributed by atoms with Crippen LogP contribution in [-0.2, 0) is 0 Å². The Morgan fingerprint density at radius 2 is 2.00 bits per heavy atom. The minimum absolute atomic E-state index is 0.450. The summed E-state index contributed by atoms with van der Waals surface area (Å²) in [6.45, 7) is 2.13. The van der Waals surface area contributed by atoms with E-state index in [0.29, 0.717) is 5.66 Å². The Kier molecular flexibility index (Phi) is 2.90. The fourth-order valence-corrected chi connectivity index (χ4v) is 1.32. The molecule has 2 heteroatoms. The molecule has 1 unspecified atom stereocenters. The predicted molar refractivity (Wildman–Crippen MR) is 51.1 cm³/mol. The van der Waals surface area contributed by atoms with E-state index in [1.54, 1.807) is 7.11 Å². The minimum Gasteiger partial charge on any atom is -0.496 e. The number of rotatable bonds is 2. The van der Waals surface area contributed by atoms with Gasteiger partial charge in [-0.3, -0.25) is 0 Å². The van der Waals surface area contributed by atoms with Crippen molar-refractivity contribution in [1.82, 2.24) is 0 Å². The van der Waals surface area contributed by atoms with Crippen LogP contribution in [0.2, 0.25) is 0 Å². The third-order valence-corrected chi connectivity index (χ3v) is 1.99. The molecule has 0 aliphatic rings. The van der Waals surface area contributed by atoms with Gasteiger partial charge in [-0.05, 0) is 11.7 Å². The summed E-state index contributed by atoms with van der Waals surface area (Å²) in [6, 6.07) is 8.07. The summed E-state index contributed by atoms with van der Waals surface area (Å²) in [6.07, 6.45) is 0. The summed E-state index contributed by atoms with van der Waals surface area (Å²) in [4.78, 5) is 0. The standard InChI is InChI=1S/C9H13OP/c1-7(11)8-5-3-4-6-9(8)10-2/h3-7H,11H2,1-2H3/t7-/m0/s1. The number of ether oxygens (including phenoxy) is 1. The summed E-state index contributed by atoms with van der Waals surface area (Å²) in [5.41, 5.74) is 1.69. The molecule has 60 valence electrons. The van der Waals surface area contributed by atoms with Crippen molar-refractivity contribution >= 4 is 9.24 Å². The Labute approximate surface area is 70.0 Å². The maximum absolute atomic E-state index is 5.19. The Balaban J connectivity index is 3.02. The summed E-state index contributed by atoms with van der Waals surface area (Å²) >= 11 is 0. The summed E-state index contributed by atoms with van der Waals surface area (Å²) in [7, 11) is 4.46. The molecule has 1 rings (SSSR count). The maximum Gasteiger partial charge on any atom is 0.122 e. The Bertz CT molecular complexity index is 233. The lowest BCUT2D eigenvalue weighted by Gasteiger charge is -2.09. The smallest absolute Gasteiger partial charge is 0.122 e. The molecular weight excluding hydrogens is 155 g/mol. The molecule has 0 aromatic heterocycles. The molecule has 2 atom stereocenters. The van der Waals surface area contributed by atoms with E-state index in [1.165, 1.54) is 5.56 Å². The third-order valence-electron chi connectivity index (χ3n) is 1.63. The lowest BCUT2D eigenvalue weighted by Crippen LogP contribution is -1.90. The average molecular weight is 168 g/mol. The van der Waals surface area contributed by atoms with Gasteiger partial charge in [0.1, 0.15) is 5.75 Å². The van der Waals surface area contributed by atoms with Crippen molar-refractivity contribution in [3.8, 4) is 5.75 Å². The largest absolute Gasteiger partial charge is 0.496 e. The highest BCUT2D eigenvalue weighted by molar-refractivity contribution is 7.17. The first kappa shape index (κ1) is 8.55. The van der Waals surface area contributed by atoms with Gasteiger partial charge in [0.2, 0.25) is 0 Å². The third kappa shape index (κ3) is 1.94. The molecule has 0 saturated heterocycles. The topological polar surface area (TPSA) is 9.23 Å². The molecule has 1 aromatic carbocycles. The highest BCUT2D eigenvalue weighted by Gasteiger charge is 2.04. The number of benzene rings is 1. The van der Waals surface area contributed by atoms with Crippen molar-refractivity contribution in [2.24, 2.45) is 0 Å². The van der Waals surface area contributed by atoms with Crippen molar-refractivity contribution in [3.63, 3.8) is 0 Å². The molecule has 0 amide bonds. The first-order chi connectivity index (χ1) is 5.25. The molecule has 1 nitrogen and oxygen atoms in total. The zero-order valence-electron chi connectivity index (χ0n) is 6.87. The molecule has 0 spiro atoms. The maximum atomic E-state index is 5.19. The Morgan fingerprint density at radius 3 is 2.45 bits per heavy atom. The van der Waals surface area contributed by atoms with E-state index in [0.717, 1.165) is 5.75 Å². The first-order valence-electron chi connectivity index (χ1n) is 3.64. The molecule has 0 N–H and O–H groups in total. The van der Waals surface area contributed by atoms with Crippen LogP contribution in [0.3, 0.4) is 0 Å². The van der Waals surface area contributed by atoms with Crippen molar-refractivity contribution in [1.29, 1.82) is 0 Å². The first-order valence-corrected chi connectivity index (χ1v) is 4.31. The second-order valence-electron chi connectivity index (χ2n) is 2.53. The molecule has 1 aromatic rings. The Hall–Kier alpha value is -0.550. The van der Waals surface area contributed by atoms with E-state index in [2.05, 4.69) is 22.2 Å². The van der Waals surface area contributed by atoms with Crippen LogP contribution in [0.4, 0.5) is 0 Å². The number of methoxy groups -OCH3 is 1. The molecule has 11 heavy (non-hydrogen) atoms. The molecule has 0 heterocycles. The van der Waals surface area contributed by atoms with Gasteiger partial charge in [-0.25, -0.2) is 0 Å². The molecule has 0 aliphatic carbocycles. The van der Waals surface area contributed by atoms with Crippen LogP contribution >= 0.6 is 9.24 Å². The van der Waals surface area contributed by atoms with E-state index in [1.807, 2.05) is 18.2 Å². The van der Waals surface area contributed by atoms with Gasteiger partial charge < -0.3 is 4.74 Å². The van der Waals surface area contributed by atoms with Crippen molar-refractivity contribution in [2.45, 2.75) is 12.6 Å². The fraction of sp³-hybridized carbons (Fsp3) is 0.333. The monoisotopic (exact) mass is 168 g/mol. The average Bonchev–Trinajstić information content (AvgIpc) is 2.04. The molecule has 0 fully saturated rings. The number of hydrogen-bond acceptors (Lipinski definition) is 1. The highest BCUT2D eigenvalue weighted by atomic mass is 31.0. The SMILES string of the molecule is COc1ccccc1[C@H](C)P. The molecule has 0 aliphatic heterocycles. The number of hydrogen-bond donors (Lipinski definition) is 0. The predicted octanol–water partition coefficient (Wildman–Crippen LogP) is 2.63. The van der Waals surface area contributed by atoms with Crippen LogP contribution < -0.4 is 4.74 Å². The van der Waals surface area contributed by atoms with Crippen LogP contribution in [0.1, 0.15) is 18.1 Å². The van der Waals surface area contributed by atoms with E-state index in [-0.39, 0.29) is 0 Å². The van der Waals surface area contributed by atoms with Crippen LogP contribution in [0.25, 0.3) is 0 Å². The number of para-hydroxylation sites is 1. The van der Waals surface area contributed by atoms with Crippen molar-refractivity contribution in [3.05, 3.63) is 29.8 Å². The van der Waals surface area contributed by atoms with Crippen LogP contribution in [-0.4, -0.2) is 7.11 Å². The highest BCUT2D eigenvalue weighted by Crippen LogP contribution is 2.29. The van der Waals surface area contributed by atoms with Gasteiger partial charge in [-0.15, -0.1) is 9.24 Å². The zero-order chi connectivity index (χ0) is 8.27. The van der Waals surface area contributed by atoms with Crippen molar-refractivity contribution < 1.29 is 4.74 Å². The molecular formula is C9H13OP. The van der Waals surface area contributed by atoms with E-state index in [4.69, 9.17) is 4.74 Å². The van der Waals surface area contributed by atoms with Gasteiger partial charge in [0.15, 0.2) is 0 Å². The van der Waals surface area contributed by atoms with Crippen LogP contribution in [0.5, 0.6) is 5.75 Å². The van der Waals surface area contributed by atoms with Crippen LogP contribution in [0.15, 0.2) is 24.3 Å². The second kappa shape index (κ2) is 3.73. The summed E-state index contributed by atoms with van der Waals surface area (Å²) in [5.74, 6) is 0.968. The van der Waals surface area contributed by atoms with Crippen molar-refractivity contribution in [2.75, 3.05) is 7.11 Å². The normalized spacial score (nSPS) is 12.6. The van der Waals surface area contributed by atoms with Gasteiger partial charge in [0.25, 0.3) is 0 Å². The fourth-order valence-electron chi connectivity index (χ4n) is 1.04. The Morgan fingerprint density at radius 1 is 1.36 bits per heavy atom. The van der Waals surface area contributed by atoms with Gasteiger partial charge >= 0.3 is 0 Å². The molecule has 0 bridgehead atoms. The quantitative estimate of drug-likeness (QED) is 0.617. The lowest BCUT2D eigenvalue weighted by molar-refractivity contribution is 0.410.